The minimum absolute atomic E-state index is 0.282. The number of nitriles is 1. The van der Waals surface area contributed by atoms with Crippen LogP contribution < -0.4 is 9.80 Å². The molecule has 6 nitrogen and oxygen atoms in total. The van der Waals surface area contributed by atoms with E-state index >= 15 is 0 Å². The quantitative estimate of drug-likeness (QED) is 0.135. The van der Waals surface area contributed by atoms with E-state index in [1.807, 2.05) is 97.1 Å². The highest BCUT2D eigenvalue weighted by atomic mass is 19.1. The summed E-state index contributed by atoms with van der Waals surface area (Å²) in [5, 5.41) is 16.2. The van der Waals surface area contributed by atoms with Crippen LogP contribution in [0, 0.1) is 29.5 Å². The number of nitrogens with zero attached hydrogens (tertiary/aromatic N) is 6. The van der Waals surface area contributed by atoms with E-state index in [0.717, 1.165) is 111 Å². The molecule has 13 aromatic rings. The minimum Gasteiger partial charge on any atom is -0.311 e. The third-order valence-corrected chi connectivity index (χ3v) is 14.1. The molecule has 348 valence electrons. The summed E-state index contributed by atoms with van der Waals surface area (Å²) in [4.78, 5) is 8.14. The van der Waals surface area contributed by atoms with Crippen molar-refractivity contribution in [1.82, 2.24) is 9.13 Å². The molecule has 13 rings (SSSR count). The summed E-state index contributed by atoms with van der Waals surface area (Å²) in [6.07, 6.45) is 0. The molecular weight excluding hydrogens is 915 g/mol. The van der Waals surface area contributed by atoms with Gasteiger partial charge in [0.25, 0.3) is 0 Å². The molecule has 11 aromatic carbocycles. The van der Waals surface area contributed by atoms with Gasteiger partial charge in [0.1, 0.15) is 11.6 Å². The molecule has 0 atom stereocenters. The van der Waals surface area contributed by atoms with Crippen molar-refractivity contribution in [3.63, 3.8) is 0 Å². The van der Waals surface area contributed by atoms with Crippen LogP contribution in [0.2, 0.25) is 0 Å². The Bertz CT molecular complexity index is 4390. The van der Waals surface area contributed by atoms with E-state index < -0.39 is 0 Å². The lowest BCUT2D eigenvalue weighted by Crippen LogP contribution is -2.11. The maximum Gasteiger partial charge on any atom is 0.187 e. The first-order valence-electron chi connectivity index (χ1n) is 24.2. The zero-order valence-corrected chi connectivity index (χ0v) is 39.5. The van der Waals surface area contributed by atoms with Crippen LogP contribution in [0.25, 0.3) is 81.7 Å². The minimum atomic E-state index is -0.284. The van der Waals surface area contributed by atoms with Crippen molar-refractivity contribution < 1.29 is 8.78 Å². The summed E-state index contributed by atoms with van der Waals surface area (Å²) in [7, 11) is 0. The Kier molecular flexibility index (Phi) is 10.5. The first kappa shape index (κ1) is 43.7. The number of fused-ring (bicyclic) bond motifs is 7. The van der Waals surface area contributed by atoms with E-state index in [0.29, 0.717) is 11.3 Å². The SMILES string of the molecule is [C-]#[N+]c1ccc(N(c2ccc(-c3ccc(N(c4ccc(C#N)cc4)c4ccc5c(c4)c4ccccc4n5-c4ccc(F)cc4)c4ccccc34)cc2)c2ccc3c(c2)c2ccccc2n3-c2ccc(F)cc2)cc1. The molecular formula is C66H40F2N6. The standard InChI is InChI=1S/C66H40F2N6/c1-70-47-22-32-49(33-23-47)71(53-34-37-65-60(40-53)58-10-4-6-12-62(58)73(65)51-28-18-45(67)19-29-51)48-26-16-44(17-27-48)55-36-39-64(57-9-3-2-8-56(55)57)72(50-24-14-43(42-69)15-25-50)54-35-38-66-61(41-54)59-11-5-7-13-63(59)74(66)52-30-20-46(68)21-31-52/h2-41H. The molecule has 0 radical (unpaired) electrons. The summed E-state index contributed by atoms with van der Waals surface area (Å²) in [5.74, 6) is -0.566. The van der Waals surface area contributed by atoms with Crippen LogP contribution in [-0.4, -0.2) is 9.13 Å². The highest BCUT2D eigenvalue weighted by Crippen LogP contribution is 2.46. The average molecular weight is 955 g/mol. The number of benzene rings is 11. The zero-order chi connectivity index (χ0) is 49.9. The summed E-state index contributed by atoms with van der Waals surface area (Å²) < 4.78 is 32.6. The second-order valence-electron chi connectivity index (χ2n) is 18.2. The van der Waals surface area contributed by atoms with Crippen LogP contribution in [0.1, 0.15) is 5.56 Å². The van der Waals surface area contributed by atoms with Crippen LogP contribution >= 0.6 is 0 Å². The number of halogens is 2. The molecule has 0 aliphatic carbocycles. The third-order valence-electron chi connectivity index (χ3n) is 14.1. The van der Waals surface area contributed by atoms with Gasteiger partial charge in [-0.15, -0.1) is 0 Å². The summed E-state index contributed by atoms with van der Waals surface area (Å²) in [6, 6.07) is 81.8. The van der Waals surface area contributed by atoms with Crippen molar-refractivity contribution in [2.75, 3.05) is 9.80 Å². The van der Waals surface area contributed by atoms with E-state index in [-0.39, 0.29) is 11.6 Å². The van der Waals surface area contributed by atoms with Gasteiger partial charge in [0, 0.05) is 66.7 Å². The molecule has 0 aliphatic heterocycles. The third kappa shape index (κ3) is 7.37. The Morgan fingerprint density at radius 3 is 1.35 bits per heavy atom. The van der Waals surface area contributed by atoms with Gasteiger partial charge in [-0.3, -0.25) is 0 Å². The lowest BCUT2D eigenvalue weighted by atomic mass is 9.96. The first-order valence-corrected chi connectivity index (χ1v) is 24.2. The molecule has 0 unspecified atom stereocenters. The van der Waals surface area contributed by atoms with Crippen molar-refractivity contribution in [3.8, 4) is 28.6 Å². The molecule has 0 aliphatic rings. The molecule has 0 amide bonds. The predicted molar refractivity (Wildman–Crippen MR) is 298 cm³/mol. The van der Waals surface area contributed by atoms with E-state index in [1.54, 1.807) is 0 Å². The number of para-hydroxylation sites is 2. The van der Waals surface area contributed by atoms with Crippen molar-refractivity contribution in [1.29, 1.82) is 5.26 Å². The van der Waals surface area contributed by atoms with Gasteiger partial charge in [-0.05, 0) is 168 Å². The van der Waals surface area contributed by atoms with E-state index in [1.165, 1.54) is 24.3 Å². The summed E-state index contributed by atoms with van der Waals surface area (Å²) in [6.45, 7) is 7.66. The Hall–Kier alpha value is -10.3. The Labute approximate surface area is 425 Å². The van der Waals surface area contributed by atoms with Crippen LogP contribution in [0.3, 0.4) is 0 Å². The van der Waals surface area contributed by atoms with Gasteiger partial charge in [0.05, 0.1) is 46.0 Å². The number of aromatic nitrogens is 2. The molecule has 74 heavy (non-hydrogen) atoms. The molecule has 2 aromatic heterocycles. The molecule has 8 heteroatoms. The normalized spacial score (nSPS) is 11.4. The van der Waals surface area contributed by atoms with Gasteiger partial charge in [-0.25, -0.2) is 13.6 Å². The molecule has 0 N–H and O–H groups in total. The molecule has 0 saturated heterocycles. The number of hydrogen-bond acceptors (Lipinski definition) is 3. The number of anilines is 6. The van der Waals surface area contributed by atoms with Crippen molar-refractivity contribution in [3.05, 3.63) is 271 Å². The summed E-state index contributed by atoms with van der Waals surface area (Å²) in [5.41, 5.74) is 14.6. The van der Waals surface area contributed by atoms with Crippen molar-refractivity contribution in [2.24, 2.45) is 0 Å². The average Bonchev–Trinajstić information content (AvgIpc) is 3.96. The van der Waals surface area contributed by atoms with Crippen LogP contribution in [0.5, 0.6) is 0 Å². The molecule has 0 saturated carbocycles. The fraction of sp³-hybridized carbons (Fsp3) is 0. The lowest BCUT2D eigenvalue weighted by Gasteiger charge is -2.28. The van der Waals surface area contributed by atoms with E-state index in [9.17, 15) is 14.0 Å². The second-order valence-corrected chi connectivity index (χ2v) is 18.2. The Morgan fingerprint density at radius 2 is 0.824 bits per heavy atom. The highest BCUT2D eigenvalue weighted by Gasteiger charge is 2.22. The monoisotopic (exact) mass is 954 g/mol. The predicted octanol–water partition coefficient (Wildman–Crippen LogP) is 18.3. The zero-order valence-electron chi connectivity index (χ0n) is 39.5. The van der Waals surface area contributed by atoms with Gasteiger partial charge < -0.3 is 18.9 Å². The van der Waals surface area contributed by atoms with Crippen molar-refractivity contribution >= 4 is 94.2 Å². The van der Waals surface area contributed by atoms with Crippen molar-refractivity contribution in [2.45, 2.75) is 0 Å². The van der Waals surface area contributed by atoms with Gasteiger partial charge in [0.15, 0.2) is 5.69 Å². The number of rotatable bonds is 9. The molecule has 0 fully saturated rings. The largest absolute Gasteiger partial charge is 0.311 e. The Morgan fingerprint density at radius 1 is 0.392 bits per heavy atom. The topological polar surface area (TPSA) is 44.5 Å². The lowest BCUT2D eigenvalue weighted by molar-refractivity contribution is 0.627. The first-order chi connectivity index (χ1) is 36.4. The Balaban J connectivity index is 0.925. The second kappa shape index (κ2) is 17.8. The summed E-state index contributed by atoms with van der Waals surface area (Å²) >= 11 is 0. The molecule has 2 heterocycles. The molecule has 0 spiro atoms. The van der Waals surface area contributed by atoms with Crippen LogP contribution in [0.15, 0.2) is 243 Å². The molecule has 0 bridgehead atoms. The fourth-order valence-electron chi connectivity index (χ4n) is 10.7. The maximum absolute atomic E-state index is 14.2. The number of hydrogen-bond donors (Lipinski definition) is 0. The van der Waals surface area contributed by atoms with Gasteiger partial charge in [-0.1, -0.05) is 91.0 Å². The van der Waals surface area contributed by atoms with Gasteiger partial charge in [0.2, 0.25) is 0 Å². The van der Waals surface area contributed by atoms with E-state index in [2.05, 4.69) is 151 Å². The highest BCUT2D eigenvalue weighted by molar-refractivity contribution is 6.13. The van der Waals surface area contributed by atoms with Gasteiger partial charge >= 0.3 is 0 Å². The smallest absolute Gasteiger partial charge is 0.187 e. The fourth-order valence-corrected chi connectivity index (χ4v) is 10.7. The maximum atomic E-state index is 14.2. The van der Waals surface area contributed by atoms with E-state index in [4.69, 9.17) is 6.57 Å². The van der Waals surface area contributed by atoms with Gasteiger partial charge in [-0.2, -0.15) is 5.26 Å². The van der Waals surface area contributed by atoms with Crippen LogP contribution in [0.4, 0.5) is 48.6 Å². The van der Waals surface area contributed by atoms with Crippen LogP contribution in [-0.2, 0) is 0 Å².